The van der Waals surface area contributed by atoms with E-state index in [-0.39, 0.29) is 37.0 Å². The Kier molecular flexibility index (Phi) is 12.1. The molecule has 0 saturated heterocycles. The fraction of sp³-hybridized carbons (Fsp3) is 0.480. The van der Waals surface area contributed by atoms with Gasteiger partial charge in [-0.15, -0.1) is 0 Å². The summed E-state index contributed by atoms with van der Waals surface area (Å²) >= 11 is 4.15. The summed E-state index contributed by atoms with van der Waals surface area (Å²) in [5.74, 6) is -3.47. The van der Waals surface area contributed by atoms with E-state index >= 15 is 0 Å². The third kappa shape index (κ3) is 9.48. The van der Waals surface area contributed by atoms with Gasteiger partial charge in [-0.1, -0.05) is 32.0 Å². The molecule has 0 aliphatic carbocycles. The maximum absolute atomic E-state index is 13.2. The predicted octanol–water partition coefficient (Wildman–Crippen LogP) is -0.784. The zero-order valence-corrected chi connectivity index (χ0v) is 22.9. The first-order chi connectivity index (χ1) is 18.4. The number of guanidine groups is 1. The predicted molar refractivity (Wildman–Crippen MR) is 152 cm³/mol. The number of hydrogen-bond acceptors (Lipinski definition) is 7. The Labute approximate surface area is 232 Å². The lowest BCUT2D eigenvalue weighted by Crippen LogP contribution is -2.58. The summed E-state index contributed by atoms with van der Waals surface area (Å²) in [5.41, 5.74) is 18.1. The Morgan fingerprint density at radius 3 is 2.23 bits per heavy atom. The molecule has 0 saturated carbocycles. The number of hydrogen-bond donors (Lipinski definition) is 9. The fourth-order valence-electron chi connectivity index (χ4n) is 3.80. The molecule has 0 radical (unpaired) electrons. The van der Waals surface area contributed by atoms with Crippen LogP contribution >= 0.6 is 12.6 Å². The second kappa shape index (κ2) is 15.0. The van der Waals surface area contributed by atoms with Crippen LogP contribution in [0.3, 0.4) is 0 Å². The van der Waals surface area contributed by atoms with E-state index in [4.69, 9.17) is 17.2 Å². The zero-order valence-electron chi connectivity index (χ0n) is 22.0. The van der Waals surface area contributed by atoms with Crippen LogP contribution in [-0.2, 0) is 25.6 Å². The first-order valence-electron chi connectivity index (χ1n) is 12.5. The number of aliphatic carboxylic acids is 1. The van der Waals surface area contributed by atoms with E-state index in [1.165, 1.54) is 0 Å². The highest BCUT2D eigenvalue weighted by Crippen LogP contribution is 2.19. The first-order valence-corrected chi connectivity index (χ1v) is 13.2. The summed E-state index contributed by atoms with van der Waals surface area (Å²) in [4.78, 5) is 57.6. The molecule has 1 aromatic carbocycles. The molecule has 0 spiro atoms. The highest BCUT2D eigenvalue weighted by atomic mass is 32.1. The number of fused-ring (bicyclic) bond motifs is 1. The monoisotopic (exact) mass is 562 g/mol. The first kappa shape index (κ1) is 31.4. The van der Waals surface area contributed by atoms with Crippen molar-refractivity contribution in [2.75, 3.05) is 12.3 Å². The van der Waals surface area contributed by atoms with Gasteiger partial charge in [-0.05, 0) is 30.4 Å². The highest BCUT2D eigenvalue weighted by Gasteiger charge is 2.30. The summed E-state index contributed by atoms with van der Waals surface area (Å²) in [6.07, 6.45) is 2.13. The molecule has 0 bridgehead atoms. The average Bonchev–Trinajstić information content (AvgIpc) is 3.30. The van der Waals surface area contributed by atoms with Crippen molar-refractivity contribution in [3.63, 3.8) is 0 Å². The molecule has 39 heavy (non-hydrogen) atoms. The van der Waals surface area contributed by atoms with Gasteiger partial charge in [0.2, 0.25) is 17.7 Å². The Morgan fingerprint density at radius 1 is 1.00 bits per heavy atom. The number of aromatic amines is 1. The van der Waals surface area contributed by atoms with Crippen LogP contribution < -0.4 is 33.2 Å². The molecular weight excluding hydrogens is 524 g/mol. The van der Waals surface area contributed by atoms with Gasteiger partial charge in [0, 0.05) is 35.8 Å². The van der Waals surface area contributed by atoms with Crippen molar-refractivity contribution < 1.29 is 24.3 Å². The van der Waals surface area contributed by atoms with Crippen LogP contribution in [0.15, 0.2) is 35.5 Å². The van der Waals surface area contributed by atoms with E-state index in [0.717, 1.165) is 10.9 Å². The van der Waals surface area contributed by atoms with Crippen LogP contribution in [0.2, 0.25) is 0 Å². The Morgan fingerprint density at radius 2 is 1.62 bits per heavy atom. The van der Waals surface area contributed by atoms with Gasteiger partial charge in [0.1, 0.15) is 18.1 Å². The molecule has 4 atom stereocenters. The van der Waals surface area contributed by atoms with Crippen molar-refractivity contribution in [1.29, 1.82) is 0 Å². The van der Waals surface area contributed by atoms with Crippen molar-refractivity contribution in [3.8, 4) is 0 Å². The van der Waals surface area contributed by atoms with E-state index in [2.05, 4.69) is 38.6 Å². The molecule has 2 aromatic rings. The van der Waals surface area contributed by atoms with Gasteiger partial charge in [-0.2, -0.15) is 12.6 Å². The smallest absolute Gasteiger partial charge is 0.326 e. The number of benzene rings is 1. The Hall–Kier alpha value is -3.78. The van der Waals surface area contributed by atoms with Crippen LogP contribution in [0.4, 0.5) is 0 Å². The van der Waals surface area contributed by atoms with E-state index in [1.54, 1.807) is 20.0 Å². The lowest BCUT2D eigenvalue weighted by molar-refractivity contribution is -0.142. The van der Waals surface area contributed by atoms with Crippen LogP contribution in [-0.4, -0.2) is 76.2 Å². The summed E-state index contributed by atoms with van der Waals surface area (Å²) in [6.45, 7) is 3.73. The number of thiol groups is 1. The largest absolute Gasteiger partial charge is 0.480 e. The maximum Gasteiger partial charge on any atom is 0.326 e. The summed E-state index contributed by atoms with van der Waals surface area (Å²) in [6, 6.07) is 3.10. The Balaban J connectivity index is 2.17. The van der Waals surface area contributed by atoms with Gasteiger partial charge in [0.15, 0.2) is 5.96 Å². The molecular formula is C25H38N8O5S. The van der Waals surface area contributed by atoms with Gasteiger partial charge in [-0.3, -0.25) is 19.4 Å². The van der Waals surface area contributed by atoms with Gasteiger partial charge in [0.25, 0.3) is 0 Å². The number of aliphatic imine (C=N–C) groups is 1. The van der Waals surface area contributed by atoms with Gasteiger partial charge < -0.3 is 43.2 Å². The minimum atomic E-state index is -1.27. The van der Waals surface area contributed by atoms with E-state index in [1.807, 2.05) is 24.3 Å². The maximum atomic E-state index is 13.2. The number of aromatic nitrogens is 1. The third-order valence-electron chi connectivity index (χ3n) is 6.13. The molecule has 0 fully saturated rings. The topological polar surface area (TPSA) is 231 Å². The molecule has 0 aliphatic rings. The summed E-state index contributed by atoms with van der Waals surface area (Å²) in [5, 5.41) is 18.3. The van der Waals surface area contributed by atoms with Crippen molar-refractivity contribution in [2.24, 2.45) is 28.1 Å². The third-order valence-corrected chi connectivity index (χ3v) is 6.49. The normalized spacial score (nSPS) is 14.2. The van der Waals surface area contributed by atoms with Gasteiger partial charge in [-0.25, -0.2) is 4.79 Å². The van der Waals surface area contributed by atoms with Gasteiger partial charge in [0.05, 0.1) is 6.04 Å². The standard InChI is InChI=1S/C25H38N8O5S/c1-13(2)20(26)23(36)33-19(12-39)22(35)31-17(8-5-9-29-25(27)28)21(34)32-18(24(37)38)10-14-11-30-16-7-4-3-6-15(14)16/h3-4,6-7,11,13,17-20,30,39H,5,8-10,12,26H2,1-2H3,(H,31,35)(H,32,34)(H,33,36)(H,37,38)(H4,27,28,29). The number of nitrogens with one attached hydrogen (secondary N) is 4. The molecule has 1 heterocycles. The molecule has 3 amide bonds. The van der Waals surface area contributed by atoms with Crippen molar-refractivity contribution in [1.82, 2.24) is 20.9 Å². The molecule has 1 aromatic heterocycles. The average molecular weight is 563 g/mol. The number of nitrogens with two attached hydrogens (primary N) is 3. The van der Waals surface area contributed by atoms with Crippen LogP contribution in [0, 0.1) is 5.92 Å². The zero-order chi connectivity index (χ0) is 29.1. The van der Waals surface area contributed by atoms with Crippen LogP contribution in [0.5, 0.6) is 0 Å². The number of amides is 3. The molecule has 14 heteroatoms. The summed E-state index contributed by atoms with van der Waals surface area (Å²) in [7, 11) is 0. The van der Waals surface area contributed by atoms with Crippen molar-refractivity contribution in [2.45, 2.75) is 57.3 Å². The minimum absolute atomic E-state index is 0.0160. The molecule has 4 unspecified atom stereocenters. The highest BCUT2D eigenvalue weighted by molar-refractivity contribution is 7.80. The molecule has 11 N–H and O–H groups in total. The summed E-state index contributed by atoms with van der Waals surface area (Å²) < 4.78 is 0. The van der Waals surface area contributed by atoms with E-state index in [0.29, 0.717) is 12.0 Å². The SMILES string of the molecule is CC(C)C(N)C(=O)NC(CS)C(=O)NC(CCCN=C(N)N)C(=O)NC(Cc1c[nH]c2ccccc12)C(=O)O. The van der Waals surface area contributed by atoms with E-state index < -0.39 is 47.9 Å². The van der Waals surface area contributed by atoms with Crippen molar-refractivity contribution in [3.05, 3.63) is 36.0 Å². The minimum Gasteiger partial charge on any atom is -0.480 e. The molecule has 214 valence electrons. The van der Waals surface area contributed by atoms with Crippen LogP contribution in [0.1, 0.15) is 32.3 Å². The lowest BCUT2D eigenvalue weighted by Gasteiger charge is -2.25. The van der Waals surface area contributed by atoms with Gasteiger partial charge >= 0.3 is 5.97 Å². The lowest BCUT2D eigenvalue weighted by atomic mass is 10.0. The molecule has 2 rings (SSSR count). The fourth-order valence-corrected chi connectivity index (χ4v) is 4.06. The number of carbonyl (C=O) groups excluding carboxylic acids is 3. The number of H-pyrrole nitrogens is 1. The van der Waals surface area contributed by atoms with E-state index in [9.17, 15) is 24.3 Å². The Bertz CT molecular complexity index is 1180. The number of nitrogens with zero attached hydrogens (tertiary/aromatic N) is 1. The number of carboxylic acid groups (broad SMARTS) is 1. The quantitative estimate of drug-likeness (QED) is 0.0577. The second-order valence-corrected chi connectivity index (χ2v) is 9.85. The number of para-hydroxylation sites is 1. The van der Waals surface area contributed by atoms with Crippen molar-refractivity contribution >= 4 is 53.2 Å². The number of rotatable bonds is 15. The number of carbonyl (C=O) groups is 4. The second-order valence-electron chi connectivity index (χ2n) is 9.49. The van der Waals surface area contributed by atoms with Crippen LogP contribution in [0.25, 0.3) is 10.9 Å². The molecule has 0 aliphatic heterocycles. The molecule has 13 nitrogen and oxygen atoms in total. The number of carboxylic acids is 1.